The Morgan fingerprint density at radius 1 is 0.654 bits per heavy atom. The van der Waals surface area contributed by atoms with Crippen molar-refractivity contribution in [3.8, 4) is 28.6 Å². The number of hydrogen-bond donors (Lipinski definition) is 3. The molecule has 2 aromatic carbocycles. The molecule has 2 aliphatic carbocycles. The fourth-order valence-electron chi connectivity index (χ4n) is 11.3. The van der Waals surface area contributed by atoms with Crippen LogP contribution >= 0.6 is 0 Å². The first-order valence-electron chi connectivity index (χ1n) is 25.7. The highest BCUT2D eigenvalue weighted by molar-refractivity contribution is 6.03. The summed E-state index contributed by atoms with van der Waals surface area (Å²) in [6.07, 6.45) is 0.984. The number of alkyl halides is 6. The van der Waals surface area contributed by atoms with Crippen LogP contribution < -0.4 is 17.2 Å². The Bertz CT molecular complexity index is 3320. The zero-order chi connectivity index (χ0) is 57.2. The maximum atomic E-state index is 13.4. The number of anilines is 2. The predicted octanol–water partition coefficient (Wildman–Crippen LogP) is 11.0. The van der Waals surface area contributed by atoms with Gasteiger partial charge in [0.1, 0.15) is 51.4 Å². The highest BCUT2D eigenvalue weighted by atomic mass is 19.4. The van der Waals surface area contributed by atoms with Crippen LogP contribution in [0.4, 0.5) is 47.6 Å². The number of primary amides is 1. The highest BCUT2D eigenvalue weighted by Gasteiger charge is 2.53. The van der Waals surface area contributed by atoms with Crippen LogP contribution in [0.5, 0.6) is 0 Å². The molecule has 2 aliphatic heterocycles. The highest BCUT2D eigenvalue weighted by Crippen LogP contribution is 2.56. The summed E-state index contributed by atoms with van der Waals surface area (Å²) in [5, 5.41) is 27.5. The van der Waals surface area contributed by atoms with Crippen molar-refractivity contribution in [3.63, 3.8) is 0 Å². The monoisotopic (exact) mass is 1130 g/mol. The summed E-state index contributed by atoms with van der Waals surface area (Å²) < 4.78 is 97.5. The normalized spacial score (nSPS) is 20.6. The number of carbonyl (C=O) groups is 3. The van der Waals surface area contributed by atoms with Gasteiger partial charge in [-0.05, 0) is 114 Å². The van der Waals surface area contributed by atoms with Crippen LogP contribution in [-0.2, 0) is 34.9 Å². The number of aromatic nitrogens is 8. The molecule has 436 valence electrons. The van der Waals surface area contributed by atoms with Crippen LogP contribution in [0.25, 0.3) is 22.5 Å². The first kappa shape index (κ1) is 60.6. The smallest absolute Gasteiger partial charge is 0.416 e. The molecule has 6 aromatic rings. The summed E-state index contributed by atoms with van der Waals surface area (Å²) in [6, 6.07) is 12.6. The van der Waals surface area contributed by atoms with Crippen molar-refractivity contribution in [1.29, 1.82) is 5.26 Å². The first-order valence-corrected chi connectivity index (χ1v) is 25.7. The molecule has 2 saturated carbocycles. The fraction of sp³-hybridized carbons (Fsp3) is 0.500. The quantitative estimate of drug-likeness (QED) is 0.114. The minimum Gasteiger partial charge on any atom is -0.444 e. The summed E-state index contributed by atoms with van der Waals surface area (Å²) in [4.78, 5) is 40.8. The Hall–Kier alpha value is -8.04. The zero-order valence-electron chi connectivity index (χ0n) is 44.5. The molecule has 4 aromatic heterocycles. The average molecular weight is 1130 g/mol. The maximum Gasteiger partial charge on any atom is 0.416 e. The van der Waals surface area contributed by atoms with Gasteiger partial charge in [0.15, 0.2) is 0 Å². The topological polar surface area (TPSA) is 249 Å². The van der Waals surface area contributed by atoms with Crippen LogP contribution in [0.1, 0.15) is 145 Å². The predicted molar refractivity (Wildman–Crippen MR) is 290 cm³/mol. The maximum absolute atomic E-state index is 13.4. The first-order chi connectivity index (χ1) is 36.9. The Labute approximate surface area is 465 Å². The molecule has 25 heteroatoms. The molecule has 81 heavy (non-hydrogen) atoms. The SMILES string of the molecule is C.C.CC(C)(C)OC(=O)N1CCC2(CC(n3nc(-c4cnn(Cc5ccccc5C(F)(F)F)c4)c(C#N)c3N)C2)C1.CC(C)(C)OC(=O)N1CCC2(CC(n3nc(-c4cnn(Cc5ccccc5C(F)(F)F)c4)c(C(N)=O)c3N)C2)C1. The number of likely N-dealkylation sites (tertiary alicyclic amines) is 2. The summed E-state index contributed by atoms with van der Waals surface area (Å²) in [7, 11) is 0. The number of nitrogen functional groups attached to an aromatic ring is 2. The third-order valence-corrected chi connectivity index (χ3v) is 14.9. The van der Waals surface area contributed by atoms with Gasteiger partial charge in [-0.3, -0.25) is 14.2 Å². The Morgan fingerprint density at radius 2 is 1.05 bits per heavy atom. The molecule has 0 bridgehead atoms. The Kier molecular flexibility index (Phi) is 16.6. The van der Waals surface area contributed by atoms with Crippen LogP contribution in [0.2, 0.25) is 0 Å². The number of halogens is 6. The van der Waals surface area contributed by atoms with E-state index in [-0.39, 0.29) is 103 Å². The third-order valence-electron chi connectivity index (χ3n) is 14.9. The Balaban J connectivity index is 0.000000228. The van der Waals surface area contributed by atoms with Crippen LogP contribution in [0, 0.1) is 22.2 Å². The van der Waals surface area contributed by atoms with Crippen molar-refractivity contribution >= 4 is 29.7 Å². The van der Waals surface area contributed by atoms with Gasteiger partial charge in [-0.2, -0.15) is 52.0 Å². The summed E-state index contributed by atoms with van der Waals surface area (Å²) in [5.74, 6) is -0.399. The van der Waals surface area contributed by atoms with E-state index < -0.39 is 40.6 Å². The van der Waals surface area contributed by atoms with Gasteiger partial charge >= 0.3 is 24.5 Å². The van der Waals surface area contributed by atoms with Gasteiger partial charge in [-0.25, -0.2) is 19.0 Å². The van der Waals surface area contributed by atoms with E-state index in [2.05, 4.69) is 26.5 Å². The summed E-state index contributed by atoms with van der Waals surface area (Å²) in [5.41, 5.74) is 17.5. The molecule has 2 spiro atoms. The minimum atomic E-state index is -4.50. The van der Waals surface area contributed by atoms with Gasteiger partial charge in [0.05, 0.1) is 48.7 Å². The van der Waals surface area contributed by atoms with E-state index in [4.69, 9.17) is 26.7 Å². The number of amides is 3. The zero-order valence-corrected chi connectivity index (χ0v) is 44.5. The van der Waals surface area contributed by atoms with Crippen molar-refractivity contribution < 1.29 is 50.2 Å². The van der Waals surface area contributed by atoms with E-state index in [0.29, 0.717) is 55.8 Å². The van der Waals surface area contributed by atoms with Crippen molar-refractivity contribution in [2.24, 2.45) is 16.6 Å². The van der Waals surface area contributed by atoms with E-state index in [1.807, 2.05) is 41.5 Å². The molecule has 6 heterocycles. The number of rotatable bonds is 9. The lowest BCUT2D eigenvalue weighted by atomic mass is 9.65. The summed E-state index contributed by atoms with van der Waals surface area (Å²) in [6.45, 7) is 13.2. The number of ether oxygens (including phenoxy) is 2. The molecule has 4 aliphatic rings. The third kappa shape index (κ3) is 12.8. The molecule has 0 radical (unpaired) electrons. The lowest BCUT2D eigenvalue weighted by molar-refractivity contribution is -0.139. The molecular formula is C56H70F6N14O5. The second kappa shape index (κ2) is 22.1. The minimum absolute atomic E-state index is 0. The second-order valence-electron chi connectivity index (χ2n) is 23.2. The fourth-order valence-corrected chi connectivity index (χ4v) is 11.3. The standard InChI is InChI=1S/C27H32F3N7O3.C27H30F3N7O2.2CH4/c1-25(2,3)40-24(39)35-9-8-26(15-35)10-18(11-26)37-22(31)20(23(32)38)21(34-37)17-12-33-36(14-17)13-16-6-4-5-7-19(16)27(28,29)30;1-25(2,3)39-24(38)35-9-8-26(16-35)10-19(11-26)37-23(32)20(12-31)22(34-37)18-13-33-36(15-18)14-17-6-4-5-7-21(17)27(28,29)30;;/h4-7,12,14,18H,8-11,13,15,31H2,1-3H3,(H2,32,38);4-7,13,15,19H,8-11,14,16,32H2,1-3H3;2*1H4. The van der Waals surface area contributed by atoms with E-state index in [9.17, 15) is 46.0 Å². The molecule has 0 atom stereocenters. The number of carbonyl (C=O) groups excluding carboxylic acids is 3. The molecule has 10 rings (SSSR count). The number of nitrogens with two attached hydrogens (primary N) is 3. The molecule has 2 saturated heterocycles. The Morgan fingerprint density at radius 3 is 1.44 bits per heavy atom. The van der Waals surface area contributed by atoms with E-state index in [1.165, 1.54) is 58.3 Å². The number of nitriles is 1. The van der Waals surface area contributed by atoms with Crippen molar-refractivity contribution in [2.45, 2.75) is 144 Å². The van der Waals surface area contributed by atoms with Crippen molar-refractivity contribution in [3.05, 3.63) is 107 Å². The van der Waals surface area contributed by atoms with Gasteiger partial charge in [0, 0.05) is 49.7 Å². The molecule has 19 nitrogen and oxygen atoms in total. The molecule has 3 amide bonds. The summed E-state index contributed by atoms with van der Waals surface area (Å²) >= 11 is 0. The van der Waals surface area contributed by atoms with Gasteiger partial charge in [0.25, 0.3) is 5.91 Å². The number of hydrogen-bond acceptors (Lipinski definition) is 12. The van der Waals surface area contributed by atoms with Gasteiger partial charge < -0.3 is 36.5 Å². The van der Waals surface area contributed by atoms with Crippen LogP contribution in [0.15, 0.2) is 73.3 Å². The molecule has 0 unspecified atom stereocenters. The van der Waals surface area contributed by atoms with Gasteiger partial charge in [-0.15, -0.1) is 0 Å². The van der Waals surface area contributed by atoms with Crippen LogP contribution in [-0.4, -0.2) is 104 Å². The lowest BCUT2D eigenvalue weighted by Gasteiger charge is -2.45. The molecular weight excluding hydrogens is 1060 g/mol. The lowest BCUT2D eigenvalue weighted by Crippen LogP contribution is -2.43. The second-order valence-corrected chi connectivity index (χ2v) is 23.2. The van der Waals surface area contributed by atoms with Gasteiger partial charge in [-0.1, -0.05) is 51.3 Å². The molecule has 4 fully saturated rings. The number of benzene rings is 2. The van der Waals surface area contributed by atoms with Crippen molar-refractivity contribution in [1.82, 2.24) is 48.9 Å². The average Bonchev–Trinajstić information content (AvgIpc) is 4.30. The molecule has 6 N–H and O–H groups in total. The van der Waals surface area contributed by atoms with E-state index in [0.717, 1.165) is 37.8 Å². The van der Waals surface area contributed by atoms with Crippen molar-refractivity contribution in [2.75, 3.05) is 37.6 Å². The van der Waals surface area contributed by atoms with Crippen LogP contribution in [0.3, 0.4) is 0 Å². The van der Waals surface area contributed by atoms with E-state index in [1.54, 1.807) is 31.4 Å². The largest absolute Gasteiger partial charge is 0.444 e. The number of nitrogens with zero attached hydrogens (tertiary/aromatic N) is 11. The van der Waals surface area contributed by atoms with Gasteiger partial charge in [0.2, 0.25) is 0 Å². The van der Waals surface area contributed by atoms with E-state index >= 15 is 0 Å².